The Hall–Kier alpha value is -2.16. The van der Waals surface area contributed by atoms with Crippen molar-refractivity contribution >= 4 is 11.4 Å². The van der Waals surface area contributed by atoms with E-state index in [2.05, 4.69) is 76.6 Å². The number of azo groups is 2. The van der Waals surface area contributed by atoms with Crippen LogP contribution in [-0.2, 0) is 23.8 Å². The van der Waals surface area contributed by atoms with Crippen molar-refractivity contribution in [2.24, 2.45) is 5.11 Å². The molecule has 3 nitrogen and oxygen atoms in total. The maximum Gasteiger partial charge on any atom is 0.236 e. The number of hydrogen-bond acceptors (Lipinski definition) is 2. The molecule has 4 rings (SSSR count). The monoisotopic (exact) mass is 349 g/mol. The van der Waals surface area contributed by atoms with Crippen LogP contribution in [0.15, 0.2) is 35.4 Å². The molecule has 0 saturated heterocycles. The third-order valence-corrected chi connectivity index (χ3v) is 5.39. The molecule has 2 aromatic rings. The molecule has 0 aromatic heterocycles. The van der Waals surface area contributed by atoms with Crippen LogP contribution in [0.2, 0.25) is 0 Å². The number of fused-ring (bicyclic) bond motifs is 2. The van der Waals surface area contributed by atoms with Gasteiger partial charge in [-0.05, 0) is 34.6 Å². The lowest BCUT2D eigenvalue weighted by molar-refractivity contribution is -0.518. The summed E-state index contributed by atoms with van der Waals surface area (Å²) in [5, 5.41) is 4.99. The minimum Gasteiger partial charge on any atom is -0.493 e. The molecule has 0 bridgehead atoms. The van der Waals surface area contributed by atoms with Crippen LogP contribution >= 0.6 is 0 Å². The van der Waals surface area contributed by atoms with Crippen LogP contribution in [0.5, 0.6) is 5.75 Å². The highest BCUT2D eigenvalue weighted by Gasteiger charge is 2.33. The molecule has 0 atom stereocenters. The summed E-state index contributed by atoms with van der Waals surface area (Å²) in [5.41, 5.74) is 7.73. The van der Waals surface area contributed by atoms with Crippen LogP contribution in [0, 0.1) is 0 Å². The normalized spacial score (nSPS) is 16.2. The largest absolute Gasteiger partial charge is 0.493 e. The third kappa shape index (κ3) is 2.94. The fourth-order valence-corrected chi connectivity index (χ4v) is 3.75. The van der Waals surface area contributed by atoms with Gasteiger partial charge in [-0.25, -0.2) is 0 Å². The second kappa shape index (κ2) is 5.67. The number of rotatable bonds is 1. The zero-order chi connectivity index (χ0) is 18.7. The van der Waals surface area contributed by atoms with E-state index in [1.165, 1.54) is 27.9 Å². The molecule has 136 valence electrons. The molecular formula is C23H29N2O+. The highest BCUT2D eigenvalue weighted by Crippen LogP contribution is 2.42. The summed E-state index contributed by atoms with van der Waals surface area (Å²) in [6.07, 6.45) is 0.988. The number of ether oxygens (including phenoxy) is 1. The van der Waals surface area contributed by atoms with E-state index < -0.39 is 0 Å². The SMILES string of the molecule is CC(C)(C)c1ccc2c(c1)N=[N+](c1cc3c(cc1C(C)(C)C)OCC3)C2. The van der Waals surface area contributed by atoms with E-state index in [1.807, 2.05) is 0 Å². The van der Waals surface area contributed by atoms with E-state index >= 15 is 0 Å². The maximum atomic E-state index is 5.82. The molecule has 2 aromatic carbocycles. The van der Waals surface area contributed by atoms with Crippen molar-refractivity contribution in [1.29, 1.82) is 0 Å². The third-order valence-electron chi connectivity index (χ3n) is 5.39. The number of hydrogen-bond donors (Lipinski definition) is 0. The Kier molecular flexibility index (Phi) is 3.76. The molecule has 0 radical (unpaired) electrons. The Morgan fingerprint density at radius 3 is 2.38 bits per heavy atom. The number of benzene rings is 2. The molecule has 0 spiro atoms. The van der Waals surface area contributed by atoms with E-state index in [1.54, 1.807) is 0 Å². The van der Waals surface area contributed by atoms with Crippen LogP contribution in [0.25, 0.3) is 0 Å². The summed E-state index contributed by atoms with van der Waals surface area (Å²) < 4.78 is 7.99. The molecule has 0 aliphatic carbocycles. The van der Waals surface area contributed by atoms with E-state index in [0.29, 0.717) is 0 Å². The van der Waals surface area contributed by atoms with E-state index in [9.17, 15) is 0 Å². The summed E-state index contributed by atoms with van der Waals surface area (Å²) >= 11 is 0. The van der Waals surface area contributed by atoms with Crippen molar-refractivity contribution in [2.45, 2.75) is 65.3 Å². The molecule has 2 aliphatic rings. The second-order valence-corrected chi connectivity index (χ2v) is 9.58. The number of nitrogens with zero attached hydrogens (tertiary/aromatic N) is 2. The van der Waals surface area contributed by atoms with E-state index in [4.69, 9.17) is 9.85 Å². The molecule has 0 saturated carbocycles. The standard InChI is InChI=1S/C23H29N2O/c1-22(2,3)17-8-7-16-14-25(24-19(16)12-17)20-11-15-9-10-26-21(15)13-18(20)23(4,5)6/h7-8,11-13H,9-10,14H2,1-6H3/q+1. The maximum absolute atomic E-state index is 5.82. The highest BCUT2D eigenvalue weighted by atomic mass is 16.5. The Labute approximate surface area is 156 Å². The predicted molar refractivity (Wildman–Crippen MR) is 105 cm³/mol. The highest BCUT2D eigenvalue weighted by molar-refractivity contribution is 5.56. The Bertz CT molecular complexity index is 911. The van der Waals surface area contributed by atoms with Crippen molar-refractivity contribution in [3.63, 3.8) is 0 Å². The van der Waals surface area contributed by atoms with Crippen LogP contribution < -0.4 is 4.74 Å². The van der Waals surface area contributed by atoms with Gasteiger partial charge in [0, 0.05) is 28.7 Å². The second-order valence-electron chi connectivity index (χ2n) is 9.58. The fraction of sp³-hybridized carbons (Fsp3) is 0.478. The smallest absolute Gasteiger partial charge is 0.236 e. The summed E-state index contributed by atoms with van der Waals surface area (Å²) in [5.74, 6) is 1.05. The van der Waals surface area contributed by atoms with Gasteiger partial charge in [0.15, 0.2) is 0 Å². The average molecular weight is 349 g/mol. The summed E-state index contributed by atoms with van der Waals surface area (Å²) in [7, 11) is 0. The summed E-state index contributed by atoms with van der Waals surface area (Å²) in [6.45, 7) is 15.1. The van der Waals surface area contributed by atoms with Crippen molar-refractivity contribution < 1.29 is 9.43 Å². The van der Waals surface area contributed by atoms with Gasteiger partial charge in [0.1, 0.15) is 11.4 Å². The molecule has 3 heteroatoms. The van der Waals surface area contributed by atoms with E-state index in [-0.39, 0.29) is 10.8 Å². The quantitative estimate of drug-likeness (QED) is 0.566. The van der Waals surface area contributed by atoms with Crippen molar-refractivity contribution in [3.05, 3.63) is 52.6 Å². The van der Waals surface area contributed by atoms with Gasteiger partial charge in [-0.1, -0.05) is 52.3 Å². The fourth-order valence-electron chi connectivity index (χ4n) is 3.75. The van der Waals surface area contributed by atoms with Crippen LogP contribution in [-0.4, -0.2) is 11.3 Å². The lowest BCUT2D eigenvalue weighted by Gasteiger charge is -2.20. The molecule has 2 aliphatic heterocycles. The first-order valence-corrected chi connectivity index (χ1v) is 9.56. The lowest BCUT2D eigenvalue weighted by Crippen LogP contribution is -2.15. The summed E-state index contributed by atoms with van der Waals surface area (Å²) in [4.78, 5) is 0. The van der Waals surface area contributed by atoms with Gasteiger partial charge >= 0.3 is 0 Å². The van der Waals surface area contributed by atoms with Gasteiger partial charge in [0.25, 0.3) is 0 Å². The van der Waals surface area contributed by atoms with Crippen LogP contribution in [0.3, 0.4) is 0 Å². The average Bonchev–Trinajstić information content (AvgIpc) is 3.17. The molecule has 26 heavy (non-hydrogen) atoms. The topological polar surface area (TPSA) is 24.6 Å². The lowest BCUT2D eigenvalue weighted by atomic mass is 9.84. The van der Waals surface area contributed by atoms with Crippen molar-refractivity contribution in [3.8, 4) is 5.75 Å². The van der Waals surface area contributed by atoms with Gasteiger partial charge in [-0.2, -0.15) is 0 Å². The van der Waals surface area contributed by atoms with Crippen molar-refractivity contribution in [2.75, 3.05) is 6.61 Å². The molecular weight excluding hydrogens is 320 g/mol. The predicted octanol–water partition coefficient (Wildman–Crippen LogP) is 6.16. The molecule has 0 N–H and O–H groups in total. The Balaban J connectivity index is 1.81. The first-order chi connectivity index (χ1) is 12.1. The minimum absolute atomic E-state index is 0.0389. The summed E-state index contributed by atoms with van der Waals surface area (Å²) in [6, 6.07) is 11.3. The zero-order valence-electron chi connectivity index (χ0n) is 16.8. The van der Waals surface area contributed by atoms with Gasteiger partial charge < -0.3 is 4.74 Å². The zero-order valence-corrected chi connectivity index (χ0v) is 16.8. The Morgan fingerprint density at radius 2 is 1.69 bits per heavy atom. The van der Waals surface area contributed by atoms with E-state index in [0.717, 1.165) is 31.0 Å². The van der Waals surface area contributed by atoms with Gasteiger partial charge in [0.2, 0.25) is 12.2 Å². The first-order valence-electron chi connectivity index (χ1n) is 9.56. The first kappa shape index (κ1) is 17.3. The van der Waals surface area contributed by atoms with Gasteiger partial charge in [0.05, 0.1) is 12.2 Å². The molecule has 0 amide bonds. The van der Waals surface area contributed by atoms with Gasteiger partial charge in [-0.15, -0.1) is 0 Å². The minimum atomic E-state index is 0.0389. The van der Waals surface area contributed by atoms with Gasteiger partial charge in [-0.3, -0.25) is 0 Å². The van der Waals surface area contributed by atoms with Crippen LogP contribution in [0.1, 0.15) is 63.8 Å². The molecule has 0 unspecified atom stereocenters. The van der Waals surface area contributed by atoms with Crippen LogP contribution in [0.4, 0.5) is 11.4 Å². The molecule has 2 heterocycles. The van der Waals surface area contributed by atoms with Crippen molar-refractivity contribution in [1.82, 2.24) is 0 Å². The Morgan fingerprint density at radius 1 is 0.923 bits per heavy atom. The molecule has 0 fully saturated rings.